The molecular weight excluding hydrogens is 306 g/mol. The first kappa shape index (κ1) is 14.3. The lowest BCUT2D eigenvalue weighted by Gasteiger charge is -2.39. The van der Waals surface area contributed by atoms with Crippen LogP contribution in [0.1, 0.15) is 23.7 Å². The maximum Gasteiger partial charge on any atom is 0.253 e. The molecule has 0 spiro atoms. The van der Waals surface area contributed by atoms with Gasteiger partial charge in [-0.05, 0) is 47.6 Å². The summed E-state index contributed by atoms with van der Waals surface area (Å²) >= 11 is 3.37. The van der Waals surface area contributed by atoms with E-state index in [0.717, 1.165) is 30.5 Å². The molecule has 0 aromatic heterocycles. The SMILES string of the molecule is CCC1CN(C(=O)c2ccc(N)c(Br)c2)CCN1C. The standard InChI is InChI=1S/C14H20BrN3O/c1-3-11-9-18(7-6-17(11)2)14(19)10-4-5-13(16)12(15)8-10/h4-5,8,11H,3,6-7,9,16H2,1-2H3. The van der Waals surface area contributed by atoms with E-state index in [9.17, 15) is 4.79 Å². The van der Waals surface area contributed by atoms with Crippen LogP contribution in [0.5, 0.6) is 0 Å². The zero-order valence-electron chi connectivity index (χ0n) is 11.4. The van der Waals surface area contributed by atoms with Crippen molar-refractivity contribution in [2.75, 3.05) is 32.4 Å². The molecule has 2 rings (SSSR count). The van der Waals surface area contributed by atoms with Gasteiger partial charge in [0.25, 0.3) is 5.91 Å². The number of nitrogens with zero attached hydrogens (tertiary/aromatic N) is 2. The quantitative estimate of drug-likeness (QED) is 0.848. The normalized spacial score (nSPS) is 20.6. The van der Waals surface area contributed by atoms with Crippen LogP contribution in [-0.2, 0) is 0 Å². The molecule has 2 N–H and O–H groups in total. The summed E-state index contributed by atoms with van der Waals surface area (Å²) in [6, 6.07) is 5.82. The summed E-state index contributed by atoms with van der Waals surface area (Å²) < 4.78 is 0.777. The van der Waals surface area contributed by atoms with Gasteiger partial charge in [-0.2, -0.15) is 0 Å². The number of anilines is 1. The third kappa shape index (κ3) is 3.09. The van der Waals surface area contributed by atoms with Crippen molar-refractivity contribution in [3.8, 4) is 0 Å². The van der Waals surface area contributed by atoms with Crippen LogP contribution in [0.3, 0.4) is 0 Å². The molecule has 1 saturated heterocycles. The molecule has 1 atom stereocenters. The largest absolute Gasteiger partial charge is 0.398 e. The third-order valence-electron chi connectivity index (χ3n) is 3.78. The Labute approximate surface area is 122 Å². The Kier molecular flexibility index (Phi) is 4.47. The van der Waals surface area contributed by atoms with Gasteiger partial charge < -0.3 is 10.6 Å². The molecule has 1 amide bonds. The highest BCUT2D eigenvalue weighted by Gasteiger charge is 2.26. The van der Waals surface area contributed by atoms with Gasteiger partial charge in [-0.15, -0.1) is 0 Å². The van der Waals surface area contributed by atoms with E-state index in [1.165, 1.54) is 0 Å². The lowest BCUT2D eigenvalue weighted by atomic mass is 10.1. The number of benzene rings is 1. The third-order valence-corrected chi connectivity index (χ3v) is 4.47. The highest BCUT2D eigenvalue weighted by molar-refractivity contribution is 9.10. The Morgan fingerprint density at radius 2 is 2.21 bits per heavy atom. The summed E-state index contributed by atoms with van der Waals surface area (Å²) in [7, 11) is 2.12. The van der Waals surface area contributed by atoms with E-state index in [1.807, 2.05) is 4.90 Å². The predicted octanol–water partition coefficient (Wildman–Crippen LogP) is 2.20. The minimum Gasteiger partial charge on any atom is -0.398 e. The second kappa shape index (κ2) is 5.92. The first-order valence-corrected chi connectivity index (χ1v) is 7.36. The molecule has 0 radical (unpaired) electrons. The number of piperazine rings is 1. The smallest absolute Gasteiger partial charge is 0.253 e. The van der Waals surface area contributed by atoms with Gasteiger partial charge in [-0.3, -0.25) is 9.69 Å². The van der Waals surface area contributed by atoms with Crippen LogP contribution in [0.25, 0.3) is 0 Å². The molecule has 0 saturated carbocycles. The molecule has 4 nitrogen and oxygen atoms in total. The number of nitrogen functional groups attached to an aromatic ring is 1. The number of rotatable bonds is 2. The molecule has 1 fully saturated rings. The zero-order chi connectivity index (χ0) is 14.0. The lowest BCUT2D eigenvalue weighted by Crippen LogP contribution is -2.52. The van der Waals surface area contributed by atoms with Crippen molar-refractivity contribution in [1.82, 2.24) is 9.80 Å². The summed E-state index contributed by atoms with van der Waals surface area (Å²) in [5, 5.41) is 0. The van der Waals surface area contributed by atoms with E-state index in [4.69, 9.17) is 5.73 Å². The van der Waals surface area contributed by atoms with Crippen LogP contribution >= 0.6 is 15.9 Å². The van der Waals surface area contributed by atoms with Crippen molar-refractivity contribution >= 4 is 27.5 Å². The highest BCUT2D eigenvalue weighted by Crippen LogP contribution is 2.22. The Bertz CT molecular complexity index is 478. The fourth-order valence-electron chi connectivity index (χ4n) is 2.41. The van der Waals surface area contributed by atoms with Gasteiger partial charge in [0.2, 0.25) is 0 Å². The van der Waals surface area contributed by atoms with E-state index >= 15 is 0 Å². The van der Waals surface area contributed by atoms with Gasteiger partial charge in [-0.25, -0.2) is 0 Å². The first-order valence-electron chi connectivity index (χ1n) is 6.57. The number of hydrogen-bond acceptors (Lipinski definition) is 3. The molecule has 5 heteroatoms. The summed E-state index contributed by atoms with van der Waals surface area (Å²) in [4.78, 5) is 16.7. The Morgan fingerprint density at radius 3 is 2.84 bits per heavy atom. The van der Waals surface area contributed by atoms with Crippen molar-refractivity contribution < 1.29 is 4.79 Å². The molecule has 104 valence electrons. The second-order valence-electron chi connectivity index (χ2n) is 5.03. The van der Waals surface area contributed by atoms with Crippen molar-refractivity contribution in [2.24, 2.45) is 0 Å². The Balaban J connectivity index is 2.13. The number of hydrogen-bond donors (Lipinski definition) is 1. The van der Waals surface area contributed by atoms with Crippen LogP contribution in [0.2, 0.25) is 0 Å². The van der Waals surface area contributed by atoms with Gasteiger partial charge in [0.1, 0.15) is 0 Å². The fraction of sp³-hybridized carbons (Fsp3) is 0.500. The lowest BCUT2D eigenvalue weighted by molar-refractivity contribution is 0.0542. The molecule has 19 heavy (non-hydrogen) atoms. The minimum absolute atomic E-state index is 0.0900. The van der Waals surface area contributed by atoms with E-state index in [0.29, 0.717) is 17.3 Å². The summed E-state index contributed by atoms with van der Waals surface area (Å²) in [6.45, 7) is 4.68. The van der Waals surface area contributed by atoms with Gasteiger partial charge in [0.15, 0.2) is 0 Å². The van der Waals surface area contributed by atoms with E-state index < -0.39 is 0 Å². The maximum absolute atomic E-state index is 12.5. The molecule has 1 aliphatic heterocycles. The van der Waals surface area contributed by atoms with Crippen LogP contribution in [0.15, 0.2) is 22.7 Å². The molecule has 1 aromatic carbocycles. The van der Waals surface area contributed by atoms with E-state index in [2.05, 4.69) is 34.8 Å². The topological polar surface area (TPSA) is 49.6 Å². The molecule has 1 aromatic rings. The Hall–Kier alpha value is -1.07. The molecule has 1 aliphatic rings. The van der Waals surface area contributed by atoms with E-state index in [1.54, 1.807) is 18.2 Å². The van der Waals surface area contributed by atoms with Gasteiger partial charge in [0, 0.05) is 41.4 Å². The number of carbonyl (C=O) groups is 1. The van der Waals surface area contributed by atoms with Gasteiger partial charge in [-0.1, -0.05) is 6.92 Å². The van der Waals surface area contributed by atoms with Crippen LogP contribution in [0.4, 0.5) is 5.69 Å². The van der Waals surface area contributed by atoms with Crippen molar-refractivity contribution in [3.05, 3.63) is 28.2 Å². The number of nitrogens with two attached hydrogens (primary N) is 1. The van der Waals surface area contributed by atoms with Crippen molar-refractivity contribution in [3.63, 3.8) is 0 Å². The maximum atomic E-state index is 12.5. The summed E-state index contributed by atoms with van der Waals surface area (Å²) in [6.07, 6.45) is 1.06. The molecular formula is C14H20BrN3O. The summed E-state index contributed by atoms with van der Waals surface area (Å²) in [5.74, 6) is 0.0900. The first-order chi connectivity index (χ1) is 9.02. The fourth-order valence-corrected chi connectivity index (χ4v) is 2.79. The van der Waals surface area contributed by atoms with Crippen molar-refractivity contribution in [2.45, 2.75) is 19.4 Å². The van der Waals surface area contributed by atoms with Gasteiger partial charge >= 0.3 is 0 Å². The minimum atomic E-state index is 0.0900. The highest BCUT2D eigenvalue weighted by atomic mass is 79.9. The monoisotopic (exact) mass is 325 g/mol. The average molecular weight is 326 g/mol. The van der Waals surface area contributed by atoms with Crippen LogP contribution < -0.4 is 5.73 Å². The molecule has 0 bridgehead atoms. The number of carbonyl (C=O) groups excluding carboxylic acids is 1. The molecule has 0 aliphatic carbocycles. The van der Waals surface area contributed by atoms with Gasteiger partial charge in [0.05, 0.1) is 0 Å². The van der Waals surface area contributed by atoms with E-state index in [-0.39, 0.29) is 5.91 Å². The molecule has 1 heterocycles. The zero-order valence-corrected chi connectivity index (χ0v) is 13.0. The van der Waals surface area contributed by atoms with Crippen molar-refractivity contribution in [1.29, 1.82) is 0 Å². The second-order valence-corrected chi connectivity index (χ2v) is 5.88. The number of amides is 1. The van der Waals surface area contributed by atoms with Crippen LogP contribution in [0, 0.1) is 0 Å². The average Bonchev–Trinajstić information content (AvgIpc) is 2.41. The van der Waals surface area contributed by atoms with Crippen LogP contribution in [-0.4, -0.2) is 48.4 Å². The number of halogens is 1. The Morgan fingerprint density at radius 1 is 1.47 bits per heavy atom. The molecule has 1 unspecified atom stereocenters. The number of likely N-dealkylation sites (N-methyl/N-ethyl adjacent to an activating group) is 1. The summed E-state index contributed by atoms with van der Waals surface area (Å²) in [5.41, 5.74) is 7.10. The predicted molar refractivity (Wildman–Crippen MR) is 81.2 cm³/mol.